The number of carbonyl (C=O) groups is 2. The zero-order valence-electron chi connectivity index (χ0n) is 15.5. The number of nitriles is 1. The molecule has 4 atom stereocenters. The molecule has 3 amide bonds. The Morgan fingerprint density at radius 2 is 2.29 bits per heavy atom. The number of urea groups is 1. The van der Waals surface area contributed by atoms with Gasteiger partial charge in [0.25, 0.3) is 0 Å². The number of nitrogens with one attached hydrogen (secondary N) is 3. The number of alkyl halides is 1. The van der Waals surface area contributed by atoms with Crippen LogP contribution in [0.3, 0.4) is 0 Å². The second-order valence-electron chi connectivity index (χ2n) is 7.03. The van der Waals surface area contributed by atoms with Gasteiger partial charge in [-0.3, -0.25) is 9.10 Å². The molecule has 1 saturated heterocycles. The Labute approximate surface area is 166 Å². The number of benzene rings is 1. The first kappa shape index (κ1) is 20.4. The van der Waals surface area contributed by atoms with Crippen LogP contribution in [0.5, 0.6) is 0 Å². The van der Waals surface area contributed by atoms with Gasteiger partial charge in [-0.1, -0.05) is 0 Å². The van der Waals surface area contributed by atoms with Crippen molar-refractivity contribution in [3.05, 3.63) is 23.5 Å². The lowest BCUT2D eigenvalue weighted by molar-refractivity contribution is -0.121. The number of carbonyl (C=O) groups excluding carboxylic acids is 2. The number of hydrogen-bond donors (Lipinski definition) is 3. The molecule has 7 nitrogen and oxygen atoms in total. The van der Waals surface area contributed by atoms with Crippen LogP contribution < -0.4 is 16.0 Å². The molecular formula is C18H21F2N5O2S. The van der Waals surface area contributed by atoms with Gasteiger partial charge < -0.3 is 16.0 Å². The fourth-order valence-corrected chi connectivity index (χ4v) is 4.34. The molecule has 3 rings (SSSR count). The van der Waals surface area contributed by atoms with Gasteiger partial charge in [-0.15, -0.1) is 0 Å². The quantitative estimate of drug-likeness (QED) is 0.663. The average molecular weight is 409 g/mol. The van der Waals surface area contributed by atoms with Crippen molar-refractivity contribution >= 4 is 29.6 Å². The number of hydrogen-bond acceptors (Lipinski definition) is 5. The Balaban J connectivity index is 1.59. The van der Waals surface area contributed by atoms with Crippen LogP contribution >= 0.6 is 11.9 Å². The average Bonchev–Trinajstić information content (AvgIpc) is 2.62. The van der Waals surface area contributed by atoms with E-state index in [2.05, 4.69) is 16.0 Å². The third-order valence-corrected chi connectivity index (χ3v) is 6.05. The maximum absolute atomic E-state index is 14.3. The number of anilines is 1. The van der Waals surface area contributed by atoms with Crippen LogP contribution in [0.15, 0.2) is 17.0 Å². The van der Waals surface area contributed by atoms with Crippen molar-refractivity contribution in [2.75, 3.05) is 18.4 Å². The SMILES string of the molecule is Cc1cc(F)cc2c1SN(CC(=O)N[C@H](C)C1NCC(C#N)CC1F)C(=O)N2. The van der Waals surface area contributed by atoms with Crippen molar-refractivity contribution in [1.29, 1.82) is 5.26 Å². The van der Waals surface area contributed by atoms with Gasteiger partial charge in [-0.2, -0.15) is 5.26 Å². The van der Waals surface area contributed by atoms with E-state index in [1.807, 2.05) is 6.07 Å². The standard InChI is InChI=1S/C18H21F2N5O2S/c1-9-3-12(19)5-14-17(9)28-25(18(27)24-14)8-15(26)23-10(2)16-13(20)4-11(6-21)7-22-16/h3,5,10-11,13,16,22H,4,7-8H2,1-2H3,(H,23,26)(H,24,27)/t10-,11?,13?,16?/m1/s1. The zero-order chi connectivity index (χ0) is 20.4. The van der Waals surface area contributed by atoms with Crippen LogP contribution in [0.25, 0.3) is 0 Å². The summed E-state index contributed by atoms with van der Waals surface area (Å²) >= 11 is 1.06. The molecule has 2 aliphatic rings. The van der Waals surface area contributed by atoms with Crippen molar-refractivity contribution in [3.8, 4) is 6.07 Å². The predicted molar refractivity (Wildman–Crippen MR) is 101 cm³/mol. The summed E-state index contributed by atoms with van der Waals surface area (Å²) in [5.74, 6) is -1.26. The molecule has 1 aromatic rings. The summed E-state index contributed by atoms with van der Waals surface area (Å²) in [7, 11) is 0. The number of piperidine rings is 1. The lowest BCUT2D eigenvalue weighted by atomic mass is 9.90. The molecule has 1 aromatic carbocycles. The maximum Gasteiger partial charge on any atom is 0.332 e. The number of rotatable bonds is 4. The molecule has 28 heavy (non-hydrogen) atoms. The maximum atomic E-state index is 14.3. The highest BCUT2D eigenvalue weighted by atomic mass is 32.2. The van der Waals surface area contributed by atoms with E-state index in [1.54, 1.807) is 13.8 Å². The molecule has 0 aromatic heterocycles. The monoisotopic (exact) mass is 409 g/mol. The number of nitrogens with zero attached hydrogens (tertiary/aromatic N) is 2. The third kappa shape index (κ3) is 4.36. The van der Waals surface area contributed by atoms with E-state index in [4.69, 9.17) is 5.26 Å². The van der Waals surface area contributed by atoms with Crippen LogP contribution in [0.2, 0.25) is 0 Å². The molecule has 0 spiro atoms. The highest BCUT2D eigenvalue weighted by Gasteiger charge is 2.35. The summed E-state index contributed by atoms with van der Waals surface area (Å²) in [5, 5.41) is 17.1. The van der Waals surface area contributed by atoms with Crippen LogP contribution in [0.1, 0.15) is 18.9 Å². The predicted octanol–water partition coefficient (Wildman–Crippen LogP) is 2.33. The summed E-state index contributed by atoms with van der Waals surface area (Å²) in [4.78, 5) is 25.3. The largest absolute Gasteiger partial charge is 0.350 e. The minimum absolute atomic E-state index is 0.130. The summed E-state index contributed by atoms with van der Waals surface area (Å²) < 4.78 is 29.0. The van der Waals surface area contributed by atoms with Gasteiger partial charge in [0.15, 0.2) is 0 Å². The van der Waals surface area contributed by atoms with Crippen LogP contribution in [-0.2, 0) is 4.79 Å². The van der Waals surface area contributed by atoms with E-state index in [9.17, 15) is 18.4 Å². The Morgan fingerprint density at radius 3 is 2.96 bits per heavy atom. The number of aryl methyl sites for hydroxylation is 1. The van der Waals surface area contributed by atoms with Crippen molar-refractivity contribution in [3.63, 3.8) is 0 Å². The Kier molecular flexibility index (Phi) is 6.05. The second-order valence-corrected chi connectivity index (χ2v) is 8.06. The molecule has 0 bridgehead atoms. The number of fused-ring (bicyclic) bond motifs is 1. The second kappa shape index (κ2) is 8.32. The molecule has 0 aliphatic carbocycles. The van der Waals surface area contributed by atoms with E-state index in [1.165, 1.54) is 16.4 Å². The van der Waals surface area contributed by atoms with Crippen molar-refractivity contribution in [2.45, 2.75) is 43.4 Å². The first-order valence-corrected chi connectivity index (χ1v) is 9.69. The normalized spacial score (nSPS) is 25.3. The lowest BCUT2D eigenvalue weighted by Gasteiger charge is -2.35. The van der Waals surface area contributed by atoms with E-state index >= 15 is 0 Å². The summed E-state index contributed by atoms with van der Waals surface area (Å²) in [6.07, 6.45) is -1.11. The fourth-order valence-electron chi connectivity index (χ4n) is 3.39. The molecule has 0 radical (unpaired) electrons. The van der Waals surface area contributed by atoms with E-state index in [0.29, 0.717) is 22.7 Å². The van der Waals surface area contributed by atoms with Crippen LogP contribution in [0, 0.1) is 30.0 Å². The molecular weight excluding hydrogens is 388 g/mol. The van der Waals surface area contributed by atoms with Gasteiger partial charge in [0.2, 0.25) is 5.91 Å². The lowest BCUT2D eigenvalue weighted by Crippen LogP contribution is -2.58. The molecule has 2 aliphatic heterocycles. The van der Waals surface area contributed by atoms with Gasteiger partial charge in [-0.05, 0) is 49.9 Å². The van der Waals surface area contributed by atoms with Gasteiger partial charge in [0.1, 0.15) is 18.5 Å². The first-order chi connectivity index (χ1) is 13.3. The van der Waals surface area contributed by atoms with Crippen molar-refractivity contribution in [1.82, 2.24) is 14.9 Å². The summed E-state index contributed by atoms with van der Waals surface area (Å²) in [6, 6.07) is 3.00. The van der Waals surface area contributed by atoms with E-state index in [0.717, 1.165) is 11.9 Å². The molecule has 150 valence electrons. The third-order valence-electron chi connectivity index (χ3n) is 4.81. The van der Waals surface area contributed by atoms with Crippen LogP contribution in [0.4, 0.5) is 19.3 Å². The number of amides is 3. The highest BCUT2D eigenvalue weighted by Crippen LogP contribution is 2.37. The summed E-state index contributed by atoms with van der Waals surface area (Å²) in [5.41, 5.74) is 1.02. The molecule has 10 heteroatoms. The first-order valence-electron chi connectivity index (χ1n) is 8.91. The van der Waals surface area contributed by atoms with E-state index in [-0.39, 0.29) is 18.9 Å². The van der Waals surface area contributed by atoms with Gasteiger partial charge >= 0.3 is 6.03 Å². The zero-order valence-corrected chi connectivity index (χ0v) is 16.3. The minimum Gasteiger partial charge on any atom is -0.350 e. The molecule has 1 fully saturated rings. The van der Waals surface area contributed by atoms with Crippen molar-refractivity contribution < 1.29 is 18.4 Å². The van der Waals surface area contributed by atoms with Gasteiger partial charge in [-0.25, -0.2) is 13.6 Å². The Bertz CT molecular complexity index is 831. The topological polar surface area (TPSA) is 97.3 Å². The smallest absolute Gasteiger partial charge is 0.332 e. The molecule has 2 heterocycles. The van der Waals surface area contributed by atoms with Crippen molar-refractivity contribution in [2.24, 2.45) is 5.92 Å². The highest BCUT2D eigenvalue weighted by molar-refractivity contribution is 7.97. The minimum atomic E-state index is -1.24. The molecule has 3 unspecified atom stereocenters. The Hall–Kier alpha value is -2.38. The number of halogens is 2. The van der Waals surface area contributed by atoms with Gasteiger partial charge in [0.05, 0.1) is 28.6 Å². The summed E-state index contributed by atoms with van der Waals surface area (Å²) in [6.45, 7) is 3.54. The van der Waals surface area contributed by atoms with Crippen LogP contribution in [-0.4, -0.2) is 47.6 Å². The fraction of sp³-hybridized carbons (Fsp3) is 0.500. The molecule has 0 saturated carbocycles. The van der Waals surface area contributed by atoms with Gasteiger partial charge in [0, 0.05) is 12.6 Å². The Morgan fingerprint density at radius 1 is 1.54 bits per heavy atom. The van der Waals surface area contributed by atoms with E-state index < -0.39 is 36.0 Å². The molecule has 3 N–H and O–H groups in total.